The molecule has 2 amide bonds. The van der Waals surface area contributed by atoms with E-state index < -0.39 is 11.7 Å². The molecule has 2 aromatic carbocycles. The fourth-order valence-corrected chi connectivity index (χ4v) is 3.64. The van der Waals surface area contributed by atoms with Crippen LogP contribution in [0.25, 0.3) is 0 Å². The molecule has 0 spiro atoms. The summed E-state index contributed by atoms with van der Waals surface area (Å²) in [6.07, 6.45) is -0.168. The molecular formula is C27H38FN3O3. The van der Waals surface area contributed by atoms with Crippen LogP contribution in [-0.2, 0) is 16.1 Å². The first-order chi connectivity index (χ1) is 16.0. The summed E-state index contributed by atoms with van der Waals surface area (Å²) >= 11 is 0. The van der Waals surface area contributed by atoms with Crippen molar-refractivity contribution in [2.75, 3.05) is 6.54 Å². The summed E-state index contributed by atoms with van der Waals surface area (Å²) in [5, 5.41) is 6.02. The number of hydrogen-bond acceptors (Lipinski definition) is 4. The summed E-state index contributed by atoms with van der Waals surface area (Å²) in [6.45, 7) is 12.2. The number of halogens is 1. The van der Waals surface area contributed by atoms with Gasteiger partial charge < -0.3 is 15.0 Å². The highest BCUT2D eigenvalue weighted by Gasteiger charge is 2.39. The maximum atomic E-state index is 13.5. The molecule has 1 aliphatic rings. The molecule has 1 aliphatic heterocycles. The molecule has 1 saturated heterocycles. The minimum atomic E-state index is -0.560. The van der Waals surface area contributed by atoms with Crippen molar-refractivity contribution < 1.29 is 18.7 Å². The predicted octanol–water partition coefficient (Wildman–Crippen LogP) is 5.02. The van der Waals surface area contributed by atoms with Crippen molar-refractivity contribution in [1.82, 2.24) is 15.5 Å². The van der Waals surface area contributed by atoms with E-state index in [1.165, 1.54) is 17.7 Å². The Bertz CT molecular complexity index is 928. The van der Waals surface area contributed by atoms with Crippen molar-refractivity contribution in [3.63, 3.8) is 0 Å². The van der Waals surface area contributed by atoms with Gasteiger partial charge in [-0.25, -0.2) is 9.18 Å². The lowest BCUT2D eigenvalue weighted by atomic mass is 10.1. The Kier molecular flexibility index (Phi) is 10.1. The lowest BCUT2D eigenvalue weighted by Gasteiger charge is -2.27. The highest BCUT2D eigenvalue weighted by Crippen LogP contribution is 2.22. The zero-order chi connectivity index (χ0) is 25.3. The minimum Gasteiger partial charge on any atom is -0.444 e. The second-order valence-electron chi connectivity index (χ2n) is 9.88. The summed E-state index contributed by atoms with van der Waals surface area (Å²) in [5.41, 5.74) is 1.52. The molecule has 0 radical (unpaired) electrons. The van der Waals surface area contributed by atoms with Crippen LogP contribution in [0.15, 0.2) is 54.6 Å². The molecule has 2 atom stereocenters. The number of rotatable bonds is 6. The number of hydrogen-bond donors (Lipinski definition) is 2. The molecule has 0 aliphatic carbocycles. The molecule has 3 rings (SSSR count). The largest absolute Gasteiger partial charge is 0.444 e. The van der Waals surface area contributed by atoms with Crippen molar-refractivity contribution >= 4 is 12.0 Å². The third-order valence-corrected chi connectivity index (χ3v) is 5.20. The van der Waals surface area contributed by atoms with E-state index in [1.54, 1.807) is 31.7 Å². The number of ether oxygens (including phenoxy) is 1. The summed E-state index contributed by atoms with van der Waals surface area (Å²) in [4.78, 5) is 26.3. The SMILES string of the molecule is CC(C)C1N[C@@H](CCNC(=O)OC(C)(C)C)C(=O)N1Cc1cccc(F)c1.Cc1ccccc1. The first-order valence-electron chi connectivity index (χ1n) is 11.8. The van der Waals surface area contributed by atoms with Crippen LogP contribution >= 0.6 is 0 Å². The normalized spacial score (nSPS) is 17.9. The average Bonchev–Trinajstić information content (AvgIpc) is 3.04. The van der Waals surface area contributed by atoms with E-state index in [0.29, 0.717) is 19.5 Å². The van der Waals surface area contributed by atoms with Gasteiger partial charge in [0.1, 0.15) is 11.4 Å². The zero-order valence-electron chi connectivity index (χ0n) is 21.1. The molecule has 0 bridgehead atoms. The van der Waals surface area contributed by atoms with Gasteiger partial charge in [0.05, 0.1) is 12.2 Å². The molecule has 2 aromatic rings. The molecule has 1 unspecified atom stereocenters. The van der Waals surface area contributed by atoms with Crippen molar-refractivity contribution in [1.29, 1.82) is 0 Å². The van der Waals surface area contributed by atoms with Crippen LogP contribution in [0.1, 0.15) is 52.2 Å². The van der Waals surface area contributed by atoms with Crippen LogP contribution < -0.4 is 10.6 Å². The van der Waals surface area contributed by atoms with Crippen molar-refractivity contribution in [2.24, 2.45) is 5.92 Å². The molecule has 34 heavy (non-hydrogen) atoms. The summed E-state index contributed by atoms with van der Waals surface area (Å²) in [7, 11) is 0. The Hall–Kier alpha value is -2.93. The quantitative estimate of drug-likeness (QED) is 0.621. The standard InChI is InChI=1S/C20H30FN3O3.C7H8/c1-13(2)17-23-16(9-10-22-19(26)27-20(3,4)5)18(25)24(17)12-14-7-6-8-15(21)11-14;1-7-5-3-2-4-6-7/h6-8,11,13,16-17,23H,9-10,12H2,1-5H3,(H,22,26);2-6H,1H3/t16-,17?;/m0./s1. The fraction of sp³-hybridized carbons (Fsp3) is 0.481. The summed E-state index contributed by atoms with van der Waals surface area (Å²) in [5.74, 6) is -0.151. The molecule has 6 nitrogen and oxygen atoms in total. The van der Waals surface area contributed by atoms with E-state index in [0.717, 1.165) is 5.56 Å². The second-order valence-corrected chi connectivity index (χ2v) is 9.88. The van der Waals surface area contributed by atoms with Crippen LogP contribution in [0.5, 0.6) is 0 Å². The van der Waals surface area contributed by atoms with Crippen LogP contribution in [-0.4, -0.2) is 41.3 Å². The number of benzene rings is 2. The molecule has 0 aromatic heterocycles. The van der Waals surface area contributed by atoms with Crippen molar-refractivity contribution in [3.8, 4) is 0 Å². The van der Waals surface area contributed by atoms with Gasteiger partial charge in [-0.2, -0.15) is 0 Å². The molecule has 7 heteroatoms. The number of carbonyl (C=O) groups is 2. The van der Waals surface area contributed by atoms with Gasteiger partial charge in [-0.3, -0.25) is 10.1 Å². The molecule has 0 saturated carbocycles. The number of alkyl carbamates (subject to hydrolysis) is 1. The Morgan fingerprint density at radius 3 is 2.35 bits per heavy atom. The van der Waals surface area contributed by atoms with E-state index in [9.17, 15) is 14.0 Å². The summed E-state index contributed by atoms with van der Waals surface area (Å²) < 4.78 is 18.7. The van der Waals surface area contributed by atoms with Gasteiger partial charge in [0.25, 0.3) is 0 Å². The first kappa shape index (κ1) is 27.3. The first-order valence-corrected chi connectivity index (χ1v) is 11.8. The van der Waals surface area contributed by atoms with Crippen molar-refractivity contribution in [3.05, 3.63) is 71.5 Å². The molecular weight excluding hydrogens is 433 g/mol. The van der Waals surface area contributed by atoms with E-state index in [-0.39, 0.29) is 29.8 Å². The van der Waals surface area contributed by atoms with Crippen LogP contribution in [0.2, 0.25) is 0 Å². The predicted molar refractivity (Wildman–Crippen MR) is 133 cm³/mol. The zero-order valence-corrected chi connectivity index (χ0v) is 21.1. The van der Waals surface area contributed by atoms with Gasteiger partial charge in [-0.1, -0.05) is 61.9 Å². The minimum absolute atomic E-state index is 0.0380. The maximum absolute atomic E-state index is 13.5. The van der Waals surface area contributed by atoms with Gasteiger partial charge in [0.15, 0.2) is 0 Å². The van der Waals surface area contributed by atoms with E-state index in [1.807, 2.05) is 38.1 Å². The number of nitrogens with zero attached hydrogens (tertiary/aromatic N) is 1. The topological polar surface area (TPSA) is 70.7 Å². The highest BCUT2D eigenvalue weighted by atomic mass is 19.1. The van der Waals surface area contributed by atoms with Gasteiger partial charge in [0.2, 0.25) is 5.91 Å². The van der Waals surface area contributed by atoms with Gasteiger partial charge >= 0.3 is 6.09 Å². The fourth-order valence-electron chi connectivity index (χ4n) is 3.64. The number of nitrogens with one attached hydrogen (secondary N) is 2. The Balaban J connectivity index is 0.000000497. The van der Waals surface area contributed by atoms with E-state index >= 15 is 0 Å². The third-order valence-electron chi connectivity index (χ3n) is 5.20. The van der Waals surface area contributed by atoms with Gasteiger partial charge in [-0.15, -0.1) is 0 Å². The second kappa shape index (κ2) is 12.5. The number of aryl methyl sites for hydroxylation is 1. The smallest absolute Gasteiger partial charge is 0.407 e. The van der Waals surface area contributed by atoms with E-state index in [4.69, 9.17) is 4.74 Å². The monoisotopic (exact) mass is 471 g/mol. The third kappa shape index (κ3) is 9.14. The molecule has 2 N–H and O–H groups in total. The van der Waals surface area contributed by atoms with Crippen LogP contribution in [0.3, 0.4) is 0 Å². The van der Waals surface area contributed by atoms with Gasteiger partial charge in [-0.05, 0) is 57.7 Å². The molecule has 186 valence electrons. The van der Waals surface area contributed by atoms with Crippen LogP contribution in [0, 0.1) is 18.7 Å². The Morgan fingerprint density at radius 1 is 1.15 bits per heavy atom. The Labute approximate surface area is 202 Å². The van der Waals surface area contributed by atoms with Crippen molar-refractivity contribution in [2.45, 2.75) is 72.3 Å². The summed E-state index contributed by atoms with van der Waals surface area (Å²) in [6, 6.07) is 16.2. The van der Waals surface area contributed by atoms with E-state index in [2.05, 4.69) is 29.7 Å². The molecule has 1 heterocycles. The Morgan fingerprint density at radius 2 is 1.82 bits per heavy atom. The lowest BCUT2D eigenvalue weighted by Crippen LogP contribution is -2.41. The van der Waals surface area contributed by atoms with Gasteiger partial charge in [0, 0.05) is 13.1 Å². The van der Waals surface area contributed by atoms with Crippen LogP contribution in [0.4, 0.5) is 9.18 Å². The average molecular weight is 472 g/mol. The molecule has 1 fully saturated rings. The number of amides is 2. The number of carbonyl (C=O) groups excluding carboxylic acids is 2. The maximum Gasteiger partial charge on any atom is 0.407 e. The highest BCUT2D eigenvalue weighted by molar-refractivity contribution is 5.84. The lowest BCUT2D eigenvalue weighted by molar-refractivity contribution is -0.131.